The van der Waals surface area contributed by atoms with Gasteiger partial charge in [-0.2, -0.15) is 22.0 Å². The highest BCUT2D eigenvalue weighted by Gasteiger charge is 2.50. The highest BCUT2D eigenvalue weighted by atomic mass is 19.4. The summed E-state index contributed by atoms with van der Waals surface area (Å²) in [5.74, 6) is 0. The van der Waals surface area contributed by atoms with Crippen molar-refractivity contribution in [2.24, 2.45) is 0 Å². The first-order chi connectivity index (χ1) is 8.08. The first-order valence-electron chi connectivity index (χ1n) is 5.14. The van der Waals surface area contributed by atoms with Crippen LogP contribution in [0.5, 0.6) is 0 Å². The number of alkyl halides is 6. The lowest BCUT2D eigenvalue weighted by atomic mass is 10.2. The Hall–Kier alpha value is -1.15. The maximum atomic E-state index is 12.7. The van der Waals surface area contributed by atoms with Crippen molar-refractivity contribution >= 4 is 6.09 Å². The molecule has 0 aliphatic carbocycles. The minimum Gasteiger partial charge on any atom is -0.382 e. The molecule has 108 valence electrons. The molecule has 18 heavy (non-hydrogen) atoms. The van der Waals surface area contributed by atoms with Crippen LogP contribution in [0.1, 0.15) is 26.2 Å². The molecule has 0 aliphatic rings. The van der Waals surface area contributed by atoms with Crippen molar-refractivity contribution in [3.63, 3.8) is 0 Å². The van der Waals surface area contributed by atoms with E-state index in [4.69, 9.17) is 0 Å². The van der Waals surface area contributed by atoms with Gasteiger partial charge in [0.2, 0.25) is 6.17 Å². The maximum Gasteiger partial charge on any atom is 0.433 e. The number of hydrogen-bond acceptors (Lipinski definition) is 2. The van der Waals surface area contributed by atoms with Crippen molar-refractivity contribution in [1.29, 1.82) is 0 Å². The number of rotatable bonds is 6. The van der Waals surface area contributed by atoms with Crippen LogP contribution >= 0.6 is 0 Å². The summed E-state index contributed by atoms with van der Waals surface area (Å²) in [6, 6.07) is 0. The zero-order valence-electron chi connectivity index (χ0n) is 9.49. The third-order valence-corrected chi connectivity index (χ3v) is 1.80. The Morgan fingerprint density at radius 2 is 1.83 bits per heavy atom. The zero-order chi connectivity index (χ0) is 14.4. The number of hydrogen-bond donors (Lipinski definition) is 1. The monoisotopic (exact) mass is 281 g/mol. The lowest BCUT2D eigenvalue weighted by Gasteiger charge is -2.21. The molecule has 0 bridgehead atoms. The molecule has 0 aromatic carbocycles. The zero-order valence-corrected chi connectivity index (χ0v) is 9.49. The second kappa shape index (κ2) is 6.69. The molecule has 0 rings (SSSR count). The summed E-state index contributed by atoms with van der Waals surface area (Å²) in [7, 11) is 0. The van der Waals surface area contributed by atoms with Crippen LogP contribution < -0.4 is 5.32 Å². The fourth-order valence-electron chi connectivity index (χ4n) is 0.913. The van der Waals surface area contributed by atoms with E-state index in [1.807, 2.05) is 5.32 Å². The Bertz CT molecular complexity index is 268. The van der Waals surface area contributed by atoms with E-state index in [1.165, 1.54) is 0 Å². The van der Waals surface area contributed by atoms with Crippen LogP contribution in [0.25, 0.3) is 0 Å². The average molecular weight is 281 g/mol. The van der Waals surface area contributed by atoms with Crippen molar-refractivity contribution in [3.05, 3.63) is 0 Å². The van der Waals surface area contributed by atoms with E-state index in [0.717, 1.165) is 0 Å². The van der Waals surface area contributed by atoms with E-state index in [-0.39, 0.29) is 6.54 Å². The summed E-state index contributed by atoms with van der Waals surface area (Å²) in [5, 5.41) is 1.87. The van der Waals surface area contributed by atoms with Crippen molar-refractivity contribution in [2.75, 3.05) is 6.54 Å². The topological polar surface area (TPSA) is 38.3 Å². The molecule has 0 heterocycles. The third kappa shape index (κ3) is 7.23. The Kier molecular flexibility index (Phi) is 6.27. The maximum absolute atomic E-state index is 12.7. The van der Waals surface area contributed by atoms with E-state index in [1.54, 1.807) is 6.92 Å². The Labute approximate surface area is 99.5 Å². The number of carbonyl (C=O) groups excluding carboxylic acids is 1. The molecule has 0 radical (unpaired) electrons. The van der Waals surface area contributed by atoms with Gasteiger partial charge in [-0.3, -0.25) is 0 Å². The molecule has 0 aliphatic heterocycles. The van der Waals surface area contributed by atoms with Gasteiger partial charge in [-0.1, -0.05) is 13.3 Å². The van der Waals surface area contributed by atoms with Gasteiger partial charge < -0.3 is 10.1 Å². The highest BCUT2D eigenvalue weighted by Crippen LogP contribution is 2.32. The van der Waals surface area contributed by atoms with Gasteiger partial charge in [0.15, 0.2) is 0 Å². The fraction of sp³-hybridized carbons (Fsp3) is 0.889. The molecule has 0 saturated heterocycles. The molecule has 1 unspecified atom stereocenters. The number of halogens is 6. The van der Waals surface area contributed by atoms with Crippen molar-refractivity contribution in [2.45, 2.75) is 44.6 Å². The summed E-state index contributed by atoms with van der Waals surface area (Å²) in [6.45, 7) is 1.78. The largest absolute Gasteiger partial charge is 0.433 e. The Balaban J connectivity index is 4.23. The molecule has 0 saturated carbocycles. The van der Waals surface area contributed by atoms with Crippen LogP contribution in [-0.2, 0) is 4.74 Å². The summed E-state index contributed by atoms with van der Waals surface area (Å²) < 4.78 is 76.6. The van der Waals surface area contributed by atoms with Gasteiger partial charge in [0.05, 0.1) is 6.42 Å². The van der Waals surface area contributed by atoms with Crippen LogP contribution in [-0.4, -0.2) is 31.1 Å². The van der Waals surface area contributed by atoms with Crippen LogP contribution in [0.2, 0.25) is 0 Å². The molecule has 0 aromatic heterocycles. The smallest absolute Gasteiger partial charge is 0.382 e. The number of nitrogens with one attached hydrogen (secondary N) is 1. The quantitative estimate of drug-likeness (QED) is 0.598. The molecule has 9 heteroatoms. The number of alkyl carbamates (subject to hydrolysis) is 1. The minimum atomic E-state index is -5.11. The van der Waals surface area contributed by atoms with Crippen LogP contribution in [0, 0.1) is 0 Å². The normalized spacial score (nSPS) is 14.2. The molecule has 0 spiro atoms. The molecular weight excluding hydrogens is 268 g/mol. The van der Waals surface area contributed by atoms with Crippen LogP contribution in [0.15, 0.2) is 0 Å². The predicted molar refractivity (Wildman–Crippen MR) is 49.9 cm³/mol. The van der Waals surface area contributed by atoms with Gasteiger partial charge in [-0.05, 0) is 6.42 Å². The van der Waals surface area contributed by atoms with Gasteiger partial charge in [-0.25, -0.2) is 9.18 Å². The number of ether oxygens (including phenoxy) is 1. The number of amides is 1. The Morgan fingerprint density at radius 3 is 2.28 bits per heavy atom. The second-order valence-electron chi connectivity index (χ2n) is 3.52. The highest BCUT2D eigenvalue weighted by molar-refractivity contribution is 5.67. The molecule has 1 amide bonds. The van der Waals surface area contributed by atoms with Crippen LogP contribution in [0.4, 0.5) is 31.1 Å². The summed E-state index contributed by atoms with van der Waals surface area (Å²) in [6.07, 6.45) is -16.5. The molecule has 1 N–H and O–H groups in total. The van der Waals surface area contributed by atoms with E-state index >= 15 is 0 Å². The van der Waals surface area contributed by atoms with E-state index in [0.29, 0.717) is 12.8 Å². The van der Waals surface area contributed by atoms with Crippen molar-refractivity contribution < 1.29 is 35.9 Å². The lowest BCUT2D eigenvalue weighted by Crippen LogP contribution is -2.41. The molecule has 0 fully saturated rings. The van der Waals surface area contributed by atoms with Gasteiger partial charge in [0.25, 0.3) is 0 Å². The minimum absolute atomic E-state index is 0.0155. The first kappa shape index (κ1) is 16.9. The van der Waals surface area contributed by atoms with Gasteiger partial charge in [0.1, 0.15) is 0 Å². The first-order valence-corrected chi connectivity index (χ1v) is 5.14. The SMILES string of the molecule is CCCCNC(=O)OC(F)(F)C(F)CC(F)(F)F. The third-order valence-electron chi connectivity index (χ3n) is 1.80. The number of carbonyl (C=O) groups is 1. The van der Waals surface area contributed by atoms with Gasteiger partial charge >= 0.3 is 18.4 Å². The van der Waals surface area contributed by atoms with Crippen molar-refractivity contribution in [3.8, 4) is 0 Å². The Morgan fingerprint density at radius 1 is 1.28 bits per heavy atom. The average Bonchev–Trinajstić information content (AvgIpc) is 2.14. The van der Waals surface area contributed by atoms with E-state index in [9.17, 15) is 31.1 Å². The van der Waals surface area contributed by atoms with Crippen LogP contribution in [0.3, 0.4) is 0 Å². The summed E-state index contributed by atoms with van der Waals surface area (Å²) in [5.41, 5.74) is 0. The molecule has 0 aromatic rings. The molecular formula is C9H13F6NO2. The summed E-state index contributed by atoms with van der Waals surface area (Å²) in [4.78, 5) is 10.7. The second-order valence-corrected chi connectivity index (χ2v) is 3.52. The summed E-state index contributed by atoms with van der Waals surface area (Å²) >= 11 is 0. The van der Waals surface area contributed by atoms with Gasteiger partial charge in [-0.15, -0.1) is 0 Å². The van der Waals surface area contributed by atoms with Gasteiger partial charge in [0, 0.05) is 6.54 Å². The fourth-order valence-corrected chi connectivity index (χ4v) is 0.913. The predicted octanol–water partition coefficient (Wildman–Crippen LogP) is 3.40. The lowest BCUT2D eigenvalue weighted by molar-refractivity contribution is -0.261. The standard InChI is InChI=1S/C9H13F6NO2/c1-2-3-4-16-7(17)18-9(14,15)6(10)5-8(11,12)13/h6H,2-5H2,1H3,(H,16,17). The number of unbranched alkanes of at least 4 members (excludes halogenated alkanes) is 1. The van der Waals surface area contributed by atoms with E-state index < -0.39 is 31.0 Å². The molecule has 3 nitrogen and oxygen atoms in total. The van der Waals surface area contributed by atoms with E-state index in [2.05, 4.69) is 4.74 Å². The molecule has 1 atom stereocenters. The van der Waals surface area contributed by atoms with Crippen molar-refractivity contribution in [1.82, 2.24) is 5.32 Å².